The third-order valence-corrected chi connectivity index (χ3v) is 2.45. The second kappa shape index (κ2) is 3.99. The zero-order valence-corrected chi connectivity index (χ0v) is 8.43. The maximum atomic E-state index is 13.4. The van der Waals surface area contributed by atoms with E-state index in [0.717, 1.165) is 6.07 Å². The van der Waals surface area contributed by atoms with E-state index in [1.165, 1.54) is 12.1 Å². The van der Waals surface area contributed by atoms with E-state index in [2.05, 4.69) is 0 Å². The predicted molar refractivity (Wildman–Crippen MR) is 56.8 cm³/mol. The third kappa shape index (κ3) is 1.85. The summed E-state index contributed by atoms with van der Waals surface area (Å²) in [6.07, 6.45) is 0. The number of hydrogen-bond acceptors (Lipinski definition) is 0. The zero-order valence-electron chi connectivity index (χ0n) is 7.68. The van der Waals surface area contributed by atoms with Crippen LogP contribution in [-0.2, 0) is 0 Å². The quantitative estimate of drug-likeness (QED) is 0.678. The molecule has 0 heterocycles. The highest BCUT2D eigenvalue weighted by atomic mass is 35.5. The minimum Gasteiger partial charge on any atom is -0.204 e. The molecule has 0 unspecified atom stereocenters. The number of halogens is 3. The molecule has 0 amide bonds. The molecule has 0 aliphatic heterocycles. The Bertz CT molecular complexity index is 495. The number of hydrogen-bond donors (Lipinski definition) is 0. The van der Waals surface area contributed by atoms with Crippen molar-refractivity contribution >= 4 is 11.6 Å². The summed E-state index contributed by atoms with van der Waals surface area (Å²) in [4.78, 5) is 0. The van der Waals surface area contributed by atoms with Crippen molar-refractivity contribution < 1.29 is 8.78 Å². The lowest BCUT2D eigenvalue weighted by atomic mass is 10.1. The van der Waals surface area contributed by atoms with Crippen LogP contribution < -0.4 is 0 Å². The van der Waals surface area contributed by atoms with Crippen molar-refractivity contribution in [2.45, 2.75) is 0 Å². The maximum absolute atomic E-state index is 13.4. The first-order valence-electron chi connectivity index (χ1n) is 4.39. The van der Waals surface area contributed by atoms with Gasteiger partial charge in [0.25, 0.3) is 0 Å². The largest absolute Gasteiger partial charge is 0.204 e. The molecule has 2 aromatic rings. The predicted octanol–water partition coefficient (Wildman–Crippen LogP) is 4.29. The van der Waals surface area contributed by atoms with E-state index < -0.39 is 11.6 Å². The first kappa shape index (κ1) is 10.1. The lowest BCUT2D eigenvalue weighted by Gasteiger charge is -2.05. The molecule has 0 aromatic heterocycles. The molecule has 2 aromatic carbocycles. The van der Waals surface area contributed by atoms with Crippen molar-refractivity contribution in [2.75, 3.05) is 0 Å². The molecule has 0 atom stereocenters. The van der Waals surface area contributed by atoms with Crippen molar-refractivity contribution in [3.63, 3.8) is 0 Å². The van der Waals surface area contributed by atoms with Crippen LogP contribution in [-0.4, -0.2) is 0 Å². The van der Waals surface area contributed by atoms with Crippen LogP contribution in [0.2, 0.25) is 5.02 Å². The Morgan fingerprint density at radius 1 is 0.800 bits per heavy atom. The van der Waals surface area contributed by atoms with E-state index in [9.17, 15) is 8.78 Å². The molecule has 0 bridgehead atoms. The summed E-state index contributed by atoms with van der Waals surface area (Å²) in [5.41, 5.74) is 0.678. The fraction of sp³-hybridized carbons (Fsp3) is 0. The molecule has 0 nitrogen and oxygen atoms in total. The Hall–Kier alpha value is -1.41. The summed E-state index contributed by atoms with van der Waals surface area (Å²) < 4.78 is 26.4. The fourth-order valence-corrected chi connectivity index (χ4v) is 1.63. The van der Waals surface area contributed by atoms with Gasteiger partial charge in [-0.3, -0.25) is 0 Å². The smallest absolute Gasteiger partial charge is 0.166 e. The van der Waals surface area contributed by atoms with Gasteiger partial charge in [0.05, 0.1) is 0 Å². The molecule has 0 spiro atoms. The summed E-state index contributed by atoms with van der Waals surface area (Å²) in [6.45, 7) is 0. The van der Waals surface area contributed by atoms with Crippen molar-refractivity contribution in [1.29, 1.82) is 0 Å². The Morgan fingerprint density at radius 2 is 1.47 bits per heavy atom. The van der Waals surface area contributed by atoms with Crippen molar-refractivity contribution in [3.8, 4) is 11.1 Å². The van der Waals surface area contributed by atoms with Gasteiger partial charge in [-0.25, -0.2) is 8.78 Å². The summed E-state index contributed by atoms with van der Waals surface area (Å²) in [5.74, 6) is -1.74. The van der Waals surface area contributed by atoms with Gasteiger partial charge in [-0.05, 0) is 12.1 Å². The summed E-state index contributed by atoms with van der Waals surface area (Å²) >= 11 is 5.89. The minimum atomic E-state index is -0.870. The average Bonchev–Trinajstić information content (AvgIpc) is 2.23. The normalized spacial score (nSPS) is 10.3. The molecule has 0 saturated carbocycles. The molecule has 0 fully saturated rings. The molecule has 0 aliphatic rings. The molecule has 3 heteroatoms. The Kier molecular flexibility index (Phi) is 2.69. The lowest BCUT2D eigenvalue weighted by Crippen LogP contribution is -1.89. The van der Waals surface area contributed by atoms with Crippen LogP contribution in [0.5, 0.6) is 0 Å². The molecule has 2 rings (SSSR count). The fourth-order valence-electron chi connectivity index (χ4n) is 1.39. The third-order valence-electron chi connectivity index (χ3n) is 2.12. The van der Waals surface area contributed by atoms with Crippen molar-refractivity contribution in [2.24, 2.45) is 0 Å². The van der Waals surface area contributed by atoms with Gasteiger partial charge >= 0.3 is 0 Å². The van der Waals surface area contributed by atoms with Crippen LogP contribution in [0.3, 0.4) is 0 Å². The molecule has 15 heavy (non-hydrogen) atoms. The van der Waals surface area contributed by atoms with Crippen LogP contribution in [0.15, 0.2) is 42.5 Å². The number of benzene rings is 2. The van der Waals surface area contributed by atoms with Gasteiger partial charge in [-0.15, -0.1) is 0 Å². The van der Waals surface area contributed by atoms with Gasteiger partial charge in [0.15, 0.2) is 11.6 Å². The van der Waals surface area contributed by atoms with Crippen molar-refractivity contribution in [1.82, 2.24) is 0 Å². The number of rotatable bonds is 1. The first-order valence-corrected chi connectivity index (χ1v) is 4.77. The lowest BCUT2D eigenvalue weighted by molar-refractivity contribution is 0.511. The van der Waals surface area contributed by atoms with E-state index in [-0.39, 0.29) is 5.56 Å². The van der Waals surface area contributed by atoms with Gasteiger partial charge in [-0.1, -0.05) is 41.9 Å². The topological polar surface area (TPSA) is 0 Å². The van der Waals surface area contributed by atoms with E-state index in [1.807, 2.05) is 0 Å². The molecule has 76 valence electrons. The molecular formula is C12H7ClF2. The van der Waals surface area contributed by atoms with Gasteiger partial charge in [0, 0.05) is 16.1 Å². The first-order chi connectivity index (χ1) is 7.20. The van der Waals surface area contributed by atoms with E-state index in [4.69, 9.17) is 11.6 Å². The van der Waals surface area contributed by atoms with Gasteiger partial charge < -0.3 is 0 Å². The standard InChI is InChI=1S/C12H7ClF2/c13-10-6-2-1-4-8(10)9-5-3-7-11(14)12(9)15/h1-7H. The monoisotopic (exact) mass is 224 g/mol. The van der Waals surface area contributed by atoms with Crippen LogP contribution in [0.4, 0.5) is 8.78 Å². The van der Waals surface area contributed by atoms with E-state index in [1.54, 1.807) is 24.3 Å². The Labute approximate surface area is 91.1 Å². The van der Waals surface area contributed by atoms with E-state index in [0.29, 0.717) is 10.6 Å². The second-order valence-electron chi connectivity index (χ2n) is 3.08. The SMILES string of the molecule is Fc1cccc(-c2ccccc2Cl)c1F. The Morgan fingerprint density at radius 3 is 2.20 bits per heavy atom. The maximum Gasteiger partial charge on any atom is 0.166 e. The molecule has 0 aliphatic carbocycles. The van der Waals surface area contributed by atoms with Crippen LogP contribution in [0, 0.1) is 11.6 Å². The summed E-state index contributed by atoms with van der Waals surface area (Å²) in [5, 5.41) is 0.405. The summed E-state index contributed by atoms with van der Waals surface area (Å²) in [6, 6.07) is 10.8. The Balaban J connectivity index is 2.65. The summed E-state index contributed by atoms with van der Waals surface area (Å²) in [7, 11) is 0. The van der Waals surface area contributed by atoms with Gasteiger partial charge in [0.2, 0.25) is 0 Å². The highest BCUT2D eigenvalue weighted by Gasteiger charge is 2.11. The van der Waals surface area contributed by atoms with Gasteiger partial charge in [-0.2, -0.15) is 0 Å². The molecular weight excluding hydrogens is 218 g/mol. The van der Waals surface area contributed by atoms with Gasteiger partial charge in [0.1, 0.15) is 0 Å². The van der Waals surface area contributed by atoms with Crippen LogP contribution in [0.25, 0.3) is 11.1 Å². The zero-order chi connectivity index (χ0) is 10.8. The second-order valence-corrected chi connectivity index (χ2v) is 3.49. The molecule has 0 N–H and O–H groups in total. The van der Waals surface area contributed by atoms with Crippen LogP contribution in [0.1, 0.15) is 0 Å². The molecule has 0 saturated heterocycles. The van der Waals surface area contributed by atoms with Crippen molar-refractivity contribution in [3.05, 3.63) is 59.1 Å². The van der Waals surface area contributed by atoms with Crippen LogP contribution >= 0.6 is 11.6 Å². The van der Waals surface area contributed by atoms with E-state index >= 15 is 0 Å². The highest BCUT2D eigenvalue weighted by Crippen LogP contribution is 2.30. The molecule has 0 radical (unpaired) electrons. The highest BCUT2D eigenvalue weighted by molar-refractivity contribution is 6.33. The average molecular weight is 225 g/mol. The minimum absolute atomic E-state index is 0.181.